The van der Waals surface area contributed by atoms with Crippen molar-refractivity contribution < 1.29 is 4.79 Å². The Balaban J connectivity index is 1.69. The van der Waals surface area contributed by atoms with E-state index >= 15 is 0 Å². The third-order valence-electron chi connectivity index (χ3n) is 4.53. The van der Waals surface area contributed by atoms with Crippen LogP contribution >= 0.6 is 39.3 Å². The Morgan fingerprint density at radius 3 is 2.40 bits per heavy atom. The van der Waals surface area contributed by atoms with E-state index in [4.69, 9.17) is 11.6 Å². The maximum atomic E-state index is 12.7. The molecule has 0 fully saturated rings. The number of Topliss-reactive ketones (excluding diaryl/α,β-unsaturated/α-hetero) is 1. The van der Waals surface area contributed by atoms with E-state index in [9.17, 15) is 4.79 Å². The summed E-state index contributed by atoms with van der Waals surface area (Å²) >= 11 is 10.9. The molecule has 0 unspecified atom stereocenters. The molecule has 4 aromatic rings. The lowest BCUT2D eigenvalue weighted by molar-refractivity contribution is 0.102. The van der Waals surface area contributed by atoms with E-state index in [2.05, 4.69) is 26.1 Å². The predicted octanol–water partition coefficient (Wildman–Crippen LogP) is 6.63. The lowest BCUT2D eigenvalue weighted by Crippen LogP contribution is -2.05. The second kappa shape index (κ2) is 9.16. The van der Waals surface area contributed by atoms with Gasteiger partial charge in [0.05, 0.1) is 5.75 Å². The zero-order chi connectivity index (χ0) is 21.1. The van der Waals surface area contributed by atoms with Crippen LogP contribution in [-0.2, 0) is 0 Å². The number of rotatable bonds is 6. The van der Waals surface area contributed by atoms with Crippen LogP contribution in [0.15, 0.2) is 82.4 Å². The number of aryl methyl sites for hydroxylation is 1. The number of nitrogens with zero attached hydrogens (tertiary/aromatic N) is 3. The van der Waals surface area contributed by atoms with Crippen molar-refractivity contribution in [1.82, 2.24) is 14.8 Å². The molecule has 0 atom stereocenters. The van der Waals surface area contributed by atoms with E-state index in [1.165, 1.54) is 11.8 Å². The van der Waals surface area contributed by atoms with Crippen molar-refractivity contribution in [2.45, 2.75) is 12.1 Å². The van der Waals surface area contributed by atoms with Crippen molar-refractivity contribution in [2.75, 3.05) is 5.75 Å². The van der Waals surface area contributed by atoms with Gasteiger partial charge in [0.2, 0.25) is 0 Å². The van der Waals surface area contributed by atoms with Gasteiger partial charge in [-0.25, -0.2) is 0 Å². The first-order valence-electron chi connectivity index (χ1n) is 9.22. The Kier molecular flexibility index (Phi) is 6.37. The molecule has 3 aromatic carbocycles. The second-order valence-electron chi connectivity index (χ2n) is 6.68. The van der Waals surface area contributed by atoms with Crippen LogP contribution in [0.3, 0.4) is 0 Å². The van der Waals surface area contributed by atoms with Crippen LogP contribution in [0, 0.1) is 6.92 Å². The van der Waals surface area contributed by atoms with E-state index in [0.29, 0.717) is 21.6 Å². The Morgan fingerprint density at radius 2 is 1.70 bits per heavy atom. The molecular weight excluding hydrogens is 482 g/mol. The van der Waals surface area contributed by atoms with Gasteiger partial charge in [0.25, 0.3) is 0 Å². The fourth-order valence-corrected chi connectivity index (χ4v) is 4.44. The molecule has 1 aromatic heterocycles. The molecule has 0 aliphatic carbocycles. The fraction of sp³-hybridized carbons (Fsp3) is 0.0870. The van der Waals surface area contributed by atoms with Gasteiger partial charge < -0.3 is 0 Å². The summed E-state index contributed by atoms with van der Waals surface area (Å²) in [6.07, 6.45) is 0. The number of hydrogen-bond donors (Lipinski definition) is 0. The largest absolute Gasteiger partial charge is 0.293 e. The molecule has 0 spiro atoms. The van der Waals surface area contributed by atoms with Gasteiger partial charge >= 0.3 is 0 Å². The summed E-state index contributed by atoms with van der Waals surface area (Å²) in [4.78, 5) is 12.7. The van der Waals surface area contributed by atoms with Crippen molar-refractivity contribution in [2.24, 2.45) is 0 Å². The second-order valence-corrected chi connectivity index (χ2v) is 8.91. The van der Waals surface area contributed by atoms with E-state index < -0.39 is 0 Å². The standard InChI is InChI=1S/C23H17BrClN3OS/c1-15-6-12-18(13-7-15)28-22(16-8-10-17(25)11-9-16)26-27-23(28)30-14-21(29)19-4-2-3-5-20(19)24/h2-13H,14H2,1H3. The third kappa shape index (κ3) is 4.51. The minimum atomic E-state index is 0.0268. The highest BCUT2D eigenvalue weighted by Crippen LogP contribution is 2.29. The van der Waals surface area contributed by atoms with E-state index in [1.54, 1.807) is 0 Å². The number of halogens is 2. The lowest BCUT2D eigenvalue weighted by Gasteiger charge is -2.11. The molecule has 0 amide bonds. The lowest BCUT2D eigenvalue weighted by atomic mass is 10.1. The topological polar surface area (TPSA) is 47.8 Å². The summed E-state index contributed by atoms with van der Waals surface area (Å²) in [6.45, 7) is 2.04. The zero-order valence-electron chi connectivity index (χ0n) is 16.0. The number of carbonyl (C=O) groups excluding carboxylic acids is 1. The Labute approximate surface area is 192 Å². The fourth-order valence-electron chi connectivity index (χ4n) is 2.97. The van der Waals surface area contributed by atoms with Gasteiger partial charge in [-0.2, -0.15) is 0 Å². The average Bonchev–Trinajstić information content (AvgIpc) is 3.17. The molecule has 0 bridgehead atoms. The number of benzene rings is 3. The molecule has 0 saturated heterocycles. The van der Waals surface area contributed by atoms with Gasteiger partial charge in [0.1, 0.15) is 0 Å². The Morgan fingerprint density at radius 1 is 1.00 bits per heavy atom. The maximum absolute atomic E-state index is 12.7. The predicted molar refractivity (Wildman–Crippen MR) is 126 cm³/mol. The molecule has 4 rings (SSSR count). The van der Waals surface area contributed by atoms with Crippen LogP contribution in [0.4, 0.5) is 0 Å². The molecule has 0 aliphatic rings. The first kappa shape index (κ1) is 20.8. The summed E-state index contributed by atoms with van der Waals surface area (Å²) in [5.41, 5.74) is 3.66. The molecule has 0 saturated carbocycles. The molecule has 150 valence electrons. The molecule has 30 heavy (non-hydrogen) atoms. The summed E-state index contributed by atoms with van der Waals surface area (Å²) in [7, 11) is 0. The van der Waals surface area contributed by atoms with Crippen LogP contribution in [0.2, 0.25) is 5.02 Å². The first-order valence-corrected chi connectivity index (χ1v) is 11.4. The minimum Gasteiger partial charge on any atom is -0.293 e. The van der Waals surface area contributed by atoms with Crippen molar-refractivity contribution in [3.05, 3.63) is 93.4 Å². The van der Waals surface area contributed by atoms with E-state index in [0.717, 1.165) is 21.3 Å². The number of carbonyl (C=O) groups is 1. The number of ketones is 1. The molecule has 0 radical (unpaired) electrons. The summed E-state index contributed by atoms with van der Waals surface area (Å²) in [6, 6.07) is 23.1. The van der Waals surface area contributed by atoms with Gasteiger partial charge in [-0.05, 0) is 49.4 Å². The van der Waals surface area contributed by atoms with Gasteiger partial charge in [0.15, 0.2) is 16.8 Å². The van der Waals surface area contributed by atoms with E-state index in [1.807, 2.05) is 84.3 Å². The van der Waals surface area contributed by atoms with Crippen LogP contribution in [0.5, 0.6) is 0 Å². The summed E-state index contributed by atoms with van der Waals surface area (Å²) in [5.74, 6) is 0.984. The minimum absolute atomic E-state index is 0.0268. The third-order valence-corrected chi connectivity index (χ3v) is 6.41. The van der Waals surface area contributed by atoms with Crippen molar-refractivity contribution in [1.29, 1.82) is 0 Å². The monoisotopic (exact) mass is 497 g/mol. The van der Waals surface area contributed by atoms with Crippen molar-refractivity contribution >= 4 is 45.1 Å². The van der Waals surface area contributed by atoms with Crippen LogP contribution in [0.25, 0.3) is 17.1 Å². The summed E-state index contributed by atoms with van der Waals surface area (Å²) < 4.78 is 2.76. The van der Waals surface area contributed by atoms with Gasteiger partial charge in [0, 0.05) is 26.3 Å². The molecule has 7 heteroatoms. The number of thioether (sulfide) groups is 1. The molecule has 1 heterocycles. The maximum Gasteiger partial charge on any atom is 0.196 e. The highest BCUT2D eigenvalue weighted by molar-refractivity contribution is 9.10. The molecule has 0 aliphatic heterocycles. The molecular formula is C23H17BrClN3OS. The SMILES string of the molecule is Cc1ccc(-n2c(SCC(=O)c3ccccc3Br)nnc2-c2ccc(Cl)cc2)cc1. The highest BCUT2D eigenvalue weighted by atomic mass is 79.9. The number of hydrogen-bond acceptors (Lipinski definition) is 4. The Bertz CT molecular complexity index is 1190. The van der Waals surface area contributed by atoms with Crippen LogP contribution < -0.4 is 0 Å². The van der Waals surface area contributed by atoms with Crippen LogP contribution in [0.1, 0.15) is 15.9 Å². The first-order chi connectivity index (χ1) is 14.5. The normalized spacial score (nSPS) is 10.9. The van der Waals surface area contributed by atoms with E-state index in [-0.39, 0.29) is 11.5 Å². The zero-order valence-corrected chi connectivity index (χ0v) is 19.2. The summed E-state index contributed by atoms with van der Waals surface area (Å²) in [5, 5.41) is 10.1. The van der Waals surface area contributed by atoms with Gasteiger partial charge in [-0.3, -0.25) is 9.36 Å². The average molecular weight is 499 g/mol. The van der Waals surface area contributed by atoms with Gasteiger partial charge in [-0.15, -0.1) is 10.2 Å². The van der Waals surface area contributed by atoms with Gasteiger partial charge in [-0.1, -0.05) is 75.2 Å². The smallest absolute Gasteiger partial charge is 0.196 e. The van der Waals surface area contributed by atoms with Crippen molar-refractivity contribution in [3.8, 4) is 17.1 Å². The van der Waals surface area contributed by atoms with Crippen molar-refractivity contribution in [3.63, 3.8) is 0 Å². The quantitative estimate of drug-likeness (QED) is 0.221. The van der Waals surface area contributed by atoms with Crippen LogP contribution in [-0.4, -0.2) is 26.3 Å². The highest BCUT2D eigenvalue weighted by Gasteiger charge is 2.18. The number of aromatic nitrogens is 3. The Hall–Kier alpha value is -2.41. The molecule has 0 N–H and O–H groups in total. The molecule has 4 nitrogen and oxygen atoms in total.